The van der Waals surface area contributed by atoms with Crippen molar-refractivity contribution in [1.82, 2.24) is 9.88 Å². The Balaban J connectivity index is 1.70. The summed E-state index contributed by atoms with van der Waals surface area (Å²) in [5.41, 5.74) is 10.3. The molecule has 3 N–H and O–H groups in total. The number of nitrogens with zero attached hydrogens (tertiary/aromatic N) is 3. The number of nitrogens with one attached hydrogen (secondary N) is 1. The number of benzene rings is 1. The van der Waals surface area contributed by atoms with Crippen LogP contribution in [-0.2, 0) is 6.54 Å². The molecule has 0 unspecified atom stereocenters. The molecule has 1 fully saturated rings. The molecule has 122 valence electrons. The lowest BCUT2D eigenvalue weighted by atomic mass is 10.1. The number of nitrogens with two attached hydrogens (primary N) is 1. The maximum atomic E-state index is 13.6. The van der Waals surface area contributed by atoms with Crippen molar-refractivity contribution in [2.45, 2.75) is 6.54 Å². The van der Waals surface area contributed by atoms with E-state index >= 15 is 0 Å². The quantitative estimate of drug-likeness (QED) is 0.640. The van der Waals surface area contributed by atoms with Gasteiger partial charge in [-0.2, -0.15) is 16.9 Å². The second kappa shape index (κ2) is 7.76. The third kappa shape index (κ3) is 4.66. The molecule has 0 amide bonds. The Morgan fingerprint density at radius 2 is 2.22 bits per heavy atom. The summed E-state index contributed by atoms with van der Waals surface area (Å²) in [6, 6.07) is 4.80. The fraction of sp³-hybridized carbons (Fsp3) is 0.333. The van der Waals surface area contributed by atoms with E-state index < -0.39 is 0 Å². The Bertz CT molecular complexity index is 682. The normalized spacial score (nSPS) is 16.0. The number of aromatic nitrogens is 1. The molecule has 0 radical (unpaired) electrons. The third-order valence-corrected chi connectivity index (χ3v) is 5.20. The Hall–Kier alpha value is -1.64. The van der Waals surface area contributed by atoms with Gasteiger partial charge in [-0.3, -0.25) is 10.3 Å². The van der Waals surface area contributed by atoms with Gasteiger partial charge in [0, 0.05) is 36.5 Å². The predicted molar refractivity (Wildman–Crippen MR) is 96.7 cm³/mol. The minimum Gasteiger partial charge on any atom is -0.383 e. The van der Waals surface area contributed by atoms with Gasteiger partial charge < -0.3 is 5.73 Å². The number of halogens is 1. The van der Waals surface area contributed by atoms with Gasteiger partial charge in [0.15, 0.2) is 0 Å². The van der Waals surface area contributed by atoms with Crippen LogP contribution in [0.5, 0.6) is 0 Å². The van der Waals surface area contributed by atoms with Crippen LogP contribution in [-0.4, -0.2) is 40.7 Å². The summed E-state index contributed by atoms with van der Waals surface area (Å²) in [5.74, 6) is 2.51. The first-order valence-corrected chi connectivity index (χ1v) is 9.33. The summed E-state index contributed by atoms with van der Waals surface area (Å²) in [6.07, 6.45) is 1.70. The van der Waals surface area contributed by atoms with E-state index in [-0.39, 0.29) is 5.82 Å². The first kappa shape index (κ1) is 16.2. The number of thiazole rings is 1. The van der Waals surface area contributed by atoms with Gasteiger partial charge in [0.2, 0.25) is 5.13 Å². The van der Waals surface area contributed by atoms with Crippen molar-refractivity contribution < 1.29 is 4.39 Å². The first-order chi connectivity index (χ1) is 11.2. The first-order valence-electron chi connectivity index (χ1n) is 7.29. The lowest BCUT2D eigenvalue weighted by molar-refractivity contribution is 0.294. The van der Waals surface area contributed by atoms with Crippen molar-refractivity contribution in [2.75, 3.05) is 35.8 Å². The molecule has 8 heteroatoms. The largest absolute Gasteiger partial charge is 0.383 e. The van der Waals surface area contributed by atoms with Crippen molar-refractivity contribution in [3.8, 4) is 0 Å². The van der Waals surface area contributed by atoms with Crippen LogP contribution in [0.15, 0.2) is 28.7 Å². The fourth-order valence-electron chi connectivity index (χ4n) is 2.33. The van der Waals surface area contributed by atoms with Crippen LogP contribution in [0.3, 0.4) is 0 Å². The van der Waals surface area contributed by atoms with Crippen LogP contribution in [0.4, 0.5) is 15.3 Å². The molecule has 0 saturated carbocycles. The molecular formula is C15H18FN5S2. The van der Waals surface area contributed by atoms with Gasteiger partial charge in [0.1, 0.15) is 11.6 Å². The topological polar surface area (TPSA) is 66.5 Å². The Kier molecular flexibility index (Phi) is 5.47. The van der Waals surface area contributed by atoms with Gasteiger partial charge in [-0.05, 0) is 23.3 Å². The third-order valence-electron chi connectivity index (χ3n) is 3.49. The van der Waals surface area contributed by atoms with Gasteiger partial charge in [-0.1, -0.05) is 6.07 Å². The molecule has 23 heavy (non-hydrogen) atoms. The Labute approximate surface area is 142 Å². The number of hydrogen-bond acceptors (Lipinski definition) is 7. The van der Waals surface area contributed by atoms with Crippen LogP contribution in [0.25, 0.3) is 0 Å². The van der Waals surface area contributed by atoms with Crippen LogP contribution < -0.4 is 11.2 Å². The standard InChI is InChI=1S/C15H18FN5S2/c16-13-2-1-11(8-18-20-15-19-14(17)10-23-15)12(7-13)9-21-3-5-22-6-4-21/h1-2,7-8,10H,3-6,9,17H2,(H,19,20). The number of nitrogen functional groups attached to an aromatic ring is 1. The number of hydrogen-bond donors (Lipinski definition) is 2. The van der Waals surface area contributed by atoms with Gasteiger partial charge >= 0.3 is 0 Å². The maximum absolute atomic E-state index is 13.6. The van der Waals surface area contributed by atoms with Gasteiger partial charge in [-0.25, -0.2) is 9.37 Å². The van der Waals surface area contributed by atoms with Crippen LogP contribution >= 0.6 is 23.1 Å². The lowest BCUT2D eigenvalue weighted by Gasteiger charge is -2.26. The minimum atomic E-state index is -0.218. The van der Waals surface area contributed by atoms with Crippen LogP contribution in [0, 0.1) is 5.82 Å². The van der Waals surface area contributed by atoms with Gasteiger partial charge in [0.05, 0.1) is 6.21 Å². The highest BCUT2D eigenvalue weighted by Gasteiger charge is 2.13. The van der Waals surface area contributed by atoms with E-state index in [1.165, 1.54) is 17.4 Å². The van der Waals surface area contributed by atoms with E-state index in [2.05, 4.69) is 20.4 Å². The van der Waals surface area contributed by atoms with Gasteiger partial charge in [0.25, 0.3) is 0 Å². The summed E-state index contributed by atoms with van der Waals surface area (Å²) in [7, 11) is 0. The number of thioether (sulfide) groups is 1. The number of rotatable bonds is 5. The molecule has 1 aromatic carbocycles. The maximum Gasteiger partial charge on any atom is 0.205 e. The van der Waals surface area contributed by atoms with Crippen molar-refractivity contribution >= 4 is 40.3 Å². The molecule has 0 spiro atoms. The summed E-state index contributed by atoms with van der Waals surface area (Å²) < 4.78 is 13.6. The summed E-state index contributed by atoms with van der Waals surface area (Å²) in [5, 5.41) is 6.56. The zero-order valence-electron chi connectivity index (χ0n) is 12.5. The second-order valence-corrected chi connectivity index (χ2v) is 7.26. The molecule has 0 aliphatic carbocycles. The number of anilines is 2. The van der Waals surface area contributed by atoms with E-state index in [4.69, 9.17) is 5.73 Å². The minimum absolute atomic E-state index is 0.218. The number of hydrazone groups is 1. The highest BCUT2D eigenvalue weighted by atomic mass is 32.2. The fourth-order valence-corrected chi connectivity index (χ4v) is 3.86. The summed E-state index contributed by atoms with van der Waals surface area (Å²) in [4.78, 5) is 6.42. The van der Waals surface area contributed by atoms with E-state index in [0.29, 0.717) is 10.9 Å². The molecule has 1 aromatic heterocycles. The van der Waals surface area contributed by atoms with Crippen molar-refractivity contribution in [3.63, 3.8) is 0 Å². The predicted octanol–water partition coefficient (Wildman–Crippen LogP) is 2.86. The molecule has 3 rings (SSSR count). The van der Waals surface area contributed by atoms with Crippen LogP contribution in [0.1, 0.15) is 11.1 Å². The van der Waals surface area contributed by atoms with Crippen molar-refractivity contribution in [1.29, 1.82) is 0 Å². The van der Waals surface area contributed by atoms with Crippen molar-refractivity contribution in [3.05, 3.63) is 40.5 Å². The van der Waals surface area contributed by atoms with Gasteiger partial charge in [-0.15, -0.1) is 11.3 Å². The molecule has 0 atom stereocenters. The summed E-state index contributed by atoms with van der Waals surface area (Å²) in [6.45, 7) is 2.81. The zero-order chi connectivity index (χ0) is 16.1. The van der Waals surface area contributed by atoms with E-state index in [1.807, 2.05) is 11.8 Å². The lowest BCUT2D eigenvalue weighted by Crippen LogP contribution is -2.32. The zero-order valence-corrected chi connectivity index (χ0v) is 14.2. The molecule has 0 bridgehead atoms. The smallest absolute Gasteiger partial charge is 0.205 e. The highest BCUT2D eigenvalue weighted by molar-refractivity contribution is 7.99. The molecule has 1 saturated heterocycles. The van der Waals surface area contributed by atoms with E-state index in [1.54, 1.807) is 23.7 Å². The Morgan fingerprint density at radius 3 is 2.96 bits per heavy atom. The molecule has 5 nitrogen and oxygen atoms in total. The average molecular weight is 351 g/mol. The summed E-state index contributed by atoms with van der Waals surface area (Å²) >= 11 is 3.35. The molecule has 2 heterocycles. The molecule has 2 aromatic rings. The molecule has 1 aliphatic heterocycles. The average Bonchev–Trinajstić information content (AvgIpc) is 2.96. The molecule has 1 aliphatic rings. The monoisotopic (exact) mass is 351 g/mol. The van der Waals surface area contributed by atoms with Crippen molar-refractivity contribution in [2.24, 2.45) is 5.10 Å². The molecular weight excluding hydrogens is 333 g/mol. The Morgan fingerprint density at radius 1 is 1.39 bits per heavy atom. The SMILES string of the molecule is Nc1csc(NN=Cc2ccc(F)cc2CN2CCSCC2)n1. The van der Waals surface area contributed by atoms with E-state index in [9.17, 15) is 4.39 Å². The van der Waals surface area contributed by atoms with E-state index in [0.717, 1.165) is 42.3 Å². The highest BCUT2D eigenvalue weighted by Crippen LogP contribution is 2.18. The van der Waals surface area contributed by atoms with Crippen LogP contribution in [0.2, 0.25) is 0 Å². The second-order valence-electron chi connectivity index (χ2n) is 5.18.